The lowest BCUT2D eigenvalue weighted by Crippen LogP contribution is -2.23. The molecule has 0 saturated heterocycles. The van der Waals surface area contributed by atoms with E-state index in [1.165, 1.54) is 0 Å². The summed E-state index contributed by atoms with van der Waals surface area (Å²) < 4.78 is 6.51. The maximum Gasteiger partial charge on any atom is 0.259 e. The average molecular weight is 419 g/mol. The van der Waals surface area contributed by atoms with E-state index in [0.29, 0.717) is 29.1 Å². The van der Waals surface area contributed by atoms with Gasteiger partial charge in [-0.2, -0.15) is 0 Å². The van der Waals surface area contributed by atoms with Gasteiger partial charge in [0, 0.05) is 22.3 Å². The molecule has 0 saturated carbocycles. The summed E-state index contributed by atoms with van der Waals surface area (Å²) in [5, 5.41) is 5.66. The van der Waals surface area contributed by atoms with Crippen molar-refractivity contribution in [1.82, 2.24) is 5.32 Å². The van der Waals surface area contributed by atoms with Gasteiger partial charge >= 0.3 is 0 Å². The second-order valence-corrected chi connectivity index (χ2v) is 7.01. The largest absolute Gasteiger partial charge is 0.490 e. The molecule has 0 aliphatic rings. The van der Waals surface area contributed by atoms with E-state index in [9.17, 15) is 9.59 Å². The highest BCUT2D eigenvalue weighted by Gasteiger charge is 2.15. The summed E-state index contributed by atoms with van der Waals surface area (Å²) in [6.45, 7) is 6.45. The Morgan fingerprint density at radius 1 is 1.08 bits per heavy atom. The maximum absolute atomic E-state index is 12.6. The molecule has 138 valence electrons. The van der Waals surface area contributed by atoms with Crippen molar-refractivity contribution in [1.29, 1.82) is 0 Å². The van der Waals surface area contributed by atoms with Crippen molar-refractivity contribution >= 4 is 33.4 Å². The third kappa shape index (κ3) is 5.59. The van der Waals surface area contributed by atoms with E-state index in [2.05, 4.69) is 26.6 Å². The molecule has 2 amide bonds. The molecule has 6 heteroatoms. The molecule has 2 aromatic carbocycles. The van der Waals surface area contributed by atoms with Crippen LogP contribution in [0.25, 0.3) is 0 Å². The van der Waals surface area contributed by atoms with E-state index in [-0.39, 0.29) is 17.9 Å². The number of halogens is 1. The van der Waals surface area contributed by atoms with Crippen molar-refractivity contribution < 1.29 is 14.3 Å². The predicted octanol–water partition coefficient (Wildman–Crippen LogP) is 4.63. The molecule has 5 nitrogen and oxygen atoms in total. The summed E-state index contributed by atoms with van der Waals surface area (Å²) in [7, 11) is 0. The van der Waals surface area contributed by atoms with Crippen LogP contribution >= 0.6 is 15.9 Å². The number of rotatable bonds is 7. The van der Waals surface area contributed by atoms with Crippen LogP contribution in [0, 0.1) is 0 Å². The monoisotopic (exact) mass is 418 g/mol. The lowest BCUT2D eigenvalue weighted by molar-refractivity contribution is 0.0953. The van der Waals surface area contributed by atoms with Crippen LogP contribution in [0.1, 0.15) is 47.9 Å². The van der Waals surface area contributed by atoms with Gasteiger partial charge in [-0.15, -0.1) is 0 Å². The second-order valence-electron chi connectivity index (χ2n) is 6.09. The first-order valence-electron chi connectivity index (χ1n) is 8.56. The zero-order chi connectivity index (χ0) is 19.1. The first kappa shape index (κ1) is 20.0. The van der Waals surface area contributed by atoms with Gasteiger partial charge in [0.2, 0.25) is 0 Å². The first-order valence-corrected chi connectivity index (χ1v) is 9.35. The fourth-order valence-corrected chi connectivity index (χ4v) is 2.64. The minimum Gasteiger partial charge on any atom is -0.490 e. The predicted molar refractivity (Wildman–Crippen MR) is 107 cm³/mol. The van der Waals surface area contributed by atoms with E-state index in [1.54, 1.807) is 36.4 Å². The fourth-order valence-electron chi connectivity index (χ4n) is 2.28. The summed E-state index contributed by atoms with van der Waals surface area (Å²) >= 11 is 3.38. The molecule has 0 unspecified atom stereocenters. The minimum absolute atomic E-state index is 0.0383. The van der Waals surface area contributed by atoms with E-state index in [0.717, 1.165) is 10.9 Å². The van der Waals surface area contributed by atoms with Gasteiger partial charge in [0.05, 0.1) is 11.7 Å². The third-order valence-electron chi connectivity index (χ3n) is 3.49. The number of nitrogens with one attached hydrogen (secondary N) is 2. The van der Waals surface area contributed by atoms with Gasteiger partial charge in [-0.3, -0.25) is 9.59 Å². The number of carbonyl (C=O) groups excluding carboxylic acids is 2. The van der Waals surface area contributed by atoms with Crippen LogP contribution in [0.2, 0.25) is 0 Å². The van der Waals surface area contributed by atoms with Crippen LogP contribution in [-0.4, -0.2) is 24.5 Å². The molecule has 2 rings (SSSR count). The Morgan fingerprint density at radius 3 is 2.38 bits per heavy atom. The van der Waals surface area contributed by atoms with Gasteiger partial charge in [0.1, 0.15) is 5.75 Å². The van der Waals surface area contributed by atoms with Crippen LogP contribution in [-0.2, 0) is 0 Å². The lowest BCUT2D eigenvalue weighted by Gasteiger charge is -2.14. The molecule has 0 atom stereocenters. The van der Waals surface area contributed by atoms with Crippen LogP contribution in [0.5, 0.6) is 5.75 Å². The average Bonchev–Trinajstić information content (AvgIpc) is 2.61. The Bertz CT molecular complexity index is 773. The van der Waals surface area contributed by atoms with Gasteiger partial charge in [-0.05, 0) is 62.7 Å². The Kier molecular flexibility index (Phi) is 7.21. The van der Waals surface area contributed by atoms with Gasteiger partial charge in [0.15, 0.2) is 0 Å². The summed E-state index contributed by atoms with van der Waals surface area (Å²) in [5.74, 6) is 0.130. The number of anilines is 1. The number of hydrogen-bond acceptors (Lipinski definition) is 3. The van der Waals surface area contributed by atoms with E-state index in [1.807, 2.05) is 26.8 Å². The van der Waals surface area contributed by atoms with Crippen LogP contribution in [0.4, 0.5) is 5.69 Å². The molecule has 0 aliphatic carbocycles. The highest BCUT2D eigenvalue weighted by molar-refractivity contribution is 9.10. The Balaban J connectivity index is 2.12. The zero-order valence-corrected chi connectivity index (χ0v) is 16.7. The topological polar surface area (TPSA) is 67.4 Å². The molecule has 0 aliphatic heterocycles. The lowest BCUT2D eigenvalue weighted by atomic mass is 10.1. The molecule has 2 N–H and O–H groups in total. The van der Waals surface area contributed by atoms with Crippen molar-refractivity contribution in [2.45, 2.75) is 33.3 Å². The Hall–Kier alpha value is -2.34. The molecule has 0 aromatic heterocycles. The Morgan fingerprint density at radius 2 is 1.77 bits per heavy atom. The second kappa shape index (κ2) is 9.38. The third-order valence-corrected chi connectivity index (χ3v) is 3.98. The SMILES string of the molecule is CCCNC(=O)c1ccc(NC(=O)c2cc(Br)ccc2OC(C)C)cc1. The van der Waals surface area contributed by atoms with Crippen molar-refractivity contribution in [3.05, 3.63) is 58.1 Å². The number of amides is 2. The van der Waals surface area contributed by atoms with Crippen molar-refractivity contribution in [2.75, 3.05) is 11.9 Å². The zero-order valence-electron chi connectivity index (χ0n) is 15.1. The fraction of sp³-hybridized carbons (Fsp3) is 0.300. The summed E-state index contributed by atoms with van der Waals surface area (Å²) in [6, 6.07) is 12.1. The molecular formula is C20H23BrN2O3. The van der Waals surface area contributed by atoms with Gasteiger partial charge < -0.3 is 15.4 Å². The highest BCUT2D eigenvalue weighted by atomic mass is 79.9. The molecule has 0 spiro atoms. The number of carbonyl (C=O) groups is 2. The van der Waals surface area contributed by atoms with Crippen molar-refractivity contribution in [3.8, 4) is 5.75 Å². The quantitative estimate of drug-likeness (QED) is 0.688. The number of ether oxygens (including phenoxy) is 1. The van der Waals surface area contributed by atoms with Crippen molar-refractivity contribution in [3.63, 3.8) is 0 Å². The molecule has 0 heterocycles. The van der Waals surface area contributed by atoms with E-state index in [4.69, 9.17) is 4.74 Å². The van der Waals surface area contributed by atoms with Crippen molar-refractivity contribution in [2.24, 2.45) is 0 Å². The molecule has 26 heavy (non-hydrogen) atoms. The molecule has 0 fully saturated rings. The molecule has 0 radical (unpaired) electrons. The van der Waals surface area contributed by atoms with Gasteiger partial charge in [-0.1, -0.05) is 22.9 Å². The highest BCUT2D eigenvalue weighted by Crippen LogP contribution is 2.25. The Labute approximate surface area is 162 Å². The molecule has 0 bridgehead atoms. The minimum atomic E-state index is -0.273. The summed E-state index contributed by atoms with van der Waals surface area (Å²) in [5.41, 5.74) is 1.61. The first-order chi connectivity index (χ1) is 12.4. The van der Waals surface area contributed by atoms with Gasteiger partial charge in [0.25, 0.3) is 11.8 Å². The van der Waals surface area contributed by atoms with Crippen LogP contribution in [0.3, 0.4) is 0 Å². The van der Waals surface area contributed by atoms with E-state index < -0.39 is 0 Å². The van der Waals surface area contributed by atoms with E-state index >= 15 is 0 Å². The van der Waals surface area contributed by atoms with Gasteiger partial charge in [-0.25, -0.2) is 0 Å². The summed E-state index contributed by atoms with van der Waals surface area (Å²) in [6.07, 6.45) is 0.844. The maximum atomic E-state index is 12.6. The number of benzene rings is 2. The smallest absolute Gasteiger partial charge is 0.259 e. The standard InChI is InChI=1S/C20H23BrN2O3/c1-4-11-22-19(24)14-5-8-16(9-6-14)23-20(25)17-12-15(21)7-10-18(17)26-13(2)3/h5-10,12-13H,4,11H2,1-3H3,(H,22,24)(H,23,25). The van der Waals surface area contributed by atoms with Crippen LogP contribution < -0.4 is 15.4 Å². The normalized spacial score (nSPS) is 10.5. The van der Waals surface area contributed by atoms with Crippen LogP contribution in [0.15, 0.2) is 46.9 Å². The number of hydrogen-bond donors (Lipinski definition) is 2. The molecular weight excluding hydrogens is 396 g/mol. The summed E-state index contributed by atoms with van der Waals surface area (Å²) in [4.78, 5) is 24.6. The molecule has 2 aromatic rings.